The van der Waals surface area contributed by atoms with Crippen molar-refractivity contribution in [2.45, 2.75) is 0 Å². The van der Waals surface area contributed by atoms with E-state index in [2.05, 4.69) is 29.2 Å². The van der Waals surface area contributed by atoms with Crippen LogP contribution in [0, 0.1) is 0 Å². The molecular formula is C28H28N4O3. The third-order valence-corrected chi connectivity index (χ3v) is 6.15. The summed E-state index contributed by atoms with van der Waals surface area (Å²) in [6, 6.07) is 23.3. The lowest BCUT2D eigenvalue weighted by Gasteiger charge is -2.34. The third kappa shape index (κ3) is 5.20. The second kappa shape index (κ2) is 10.4. The number of ether oxygens (including phenoxy) is 1. The fraction of sp³-hybridized carbons (Fsp3) is 0.214. The summed E-state index contributed by atoms with van der Waals surface area (Å²) in [4.78, 5) is 17.8. The first kappa shape index (κ1) is 22.7. The zero-order chi connectivity index (χ0) is 24.0. The van der Waals surface area contributed by atoms with Gasteiger partial charge in [-0.05, 0) is 42.0 Å². The number of methoxy groups -OCH3 is 1. The zero-order valence-electron chi connectivity index (χ0n) is 19.7. The number of carbonyl (C=O) groups is 1. The van der Waals surface area contributed by atoms with E-state index in [0.717, 1.165) is 31.1 Å². The second-order valence-electron chi connectivity index (χ2n) is 8.41. The van der Waals surface area contributed by atoms with Crippen LogP contribution in [0.2, 0.25) is 0 Å². The average molecular weight is 469 g/mol. The summed E-state index contributed by atoms with van der Waals surface area (Å²) >= 11 is 0. The normalized spacial score (nSPS) is 14.5. The Morgan fingerprint density at radius 3 is 2.46 bits per heavy atom. The molecule has 1 aliphatic heterocycles. The molecule has 1 fully saturated rings. The lowest BCUT2D eigenvalue weighted by atomic mass is 10.2. The largest absolute Gasteiger partial charge is 0.497 e. The first-order valence-electron chi connectivity index (χ1n) is 11.7. The van der Waals surface area contributed by atoms with Gasteiger partial charge in [-0.2, -0.15) is 5.10 Å². The molecule has 1 saturated heterocycles. The molecule has 0 bridgehead atoms. The van der Waals surface area contributed by atoms with Crippen molar-refractivity contribution in [2.75, 3.05) is 39.8 Å². The highest BCUT2D eigenvalue weighted by Gasteiger charge is 2.26. The molecule has 35 heavy (non-hydrogen) atoms. The summed E-state index contributed by atoms with van der Waals surface area (Å²) in [5.74, 6) is 1.34. The molecule has 2 aromatic heterocycles. The van der Waals surface area contributed by atoms with Crippen LogP contribution in [0.1, 0.15) is 16.1 Å². The summed E-state index contributed by atoms with van der Waals surface area (Å²) in [6.07, 6.45) is 5.93. The van der Waals surface area contributed by atoms with Gasteiger partial charge in [-0.3, -0.25) is 9.69 Å². The van der Waals surface area contributed by atoms with Gasteiger partial charge in [0.1, 0.15) is 17.1 Å². The Hall–Kier alpha value is -4.10. The van der Waals surface area contributed by atoms with Crippen molar-refractivity contribution in [2.24, 2.45) is 0 Å². The molecule has 0 spiro atoms. The second-order valence-corrected chi connectivity index (χ2v) is 8.41. The summed E-state index contributed by atoms with van der Waals surface area (Å²) in [5.41, 5.74) is 3.12. The predicted molar refractivity (Wildman–Crippen MR) is 136 cm³/mol. The van der Waals surface area contributed by atoms with E-state index in [1.54, 1.807) is 24.1 Å². The minimum atomic E-state index is -0.0365. The fourth-order valence-corrected chi connectivity index (χ4v) is 4.20. The number of benzene rings is 2. The molecule has 7 nitrogen and oxygen atoms in total. The zero-order valence-corrected chi connectivity index (χ0v) is 19.7. The Bertz CT molecular complexity index is 1270. The molecule has 178 valence electrons. The maximum Gasteiger partial charge on any atom is 0.272 e. The lowest BCUT2D eigenvalue weighted by molar-refractivity contribution is 0.0641. The number of hydrogen-bond donors (Lipinski definition) is 0. The summed E-state index contributed by atoms with van der Waals surface area (Å²) in [7, 11) is 1.63. The number of hydrogen-bond acceptors (Lipinski definition) is 5. The number of amides is 1. The molecule has 0 radical (unpaired) electrons. The average Bonchev–Trinajstić information content (AvgIpc) is 3.60. The van der Waals surface area contributed by atoms with Crippen molar-refractivity contribution in [3.8, 4) is 22.9 Å². The first-order chi connectivity index (χ1) is 17.2. The number of aromatic nitrogens is 2. The Morgan fingerprint density at radius 2 is 1.77 bits per heavy atom. The molecule has 1 amide bonds. The molecule has 0 N–H and O–H groups in total. The molecule has 0 saturated carbocycles. The highest BCUT2D eigenvalue weighted by atomic mass is 16.5. The Morgan fingerprint density at radius 1 is 1.00 bits per heavy atom. The van der Waals surface area contributed by atoms with E-state index in [1.807, 2.05) is 59.5 Å². The van der Waals surface area contributed by atoms with E-state index in [-0.39, 0.29) is 5.91 Å². The van der Waals surface area contributed by atoms with Gasteiger partial charge in [0.25, 0.3) is 5.91 Å². The van der Waals surface area contributed by atoms with Crippen LogP contribution in [0.5, 0.6) is 5.75 Å². The van der Waals surface area contributed by atoms with Crippen molar-refractivity contribution in [1.29, 1.82) is 0 Å². The topological polar surface area (TPSA) is 63.7 Å². The number of piperazine rings is 1. The molecule has 0 aliphatic carbocycles. The molecule has 0 atom stereocenters. The number of furan rings is 1. The Labute approximate surface area is 204 Å². The molecule has 1 aliphatic rings. The third-order valence-electron chi connectivity index (χ3n) is 6.15. The Kier molecular flexibility index (Phi) is 6.77. The van der Waals surface area contributed by atoms with E-state index in [0.29, 0.717) is 30.2 Å². The van der Waals surface area contributed by atoms with Crippen molar-refractivity contribution in [3.63, 3.8) is 0 Å². The lowest BCUT2D eigenvalue weighted by Crippen LogP contribution is -2.49. The van der Waals surface area contributed by atoms with Gasteiger partial charge in [0, 0.05) is 38.8 Å². The van der Waals surface area contributed by atoms with Gasteiger partial charge in [0.05, 0.1) is 19.1 Å². The summed E-state index contributed by atoms with van der Waals surface area (Å²) in [6.45, 7) is 3.85. The van der Waals surface area contributed by atoms with Crippen molar-refractivity contribution < 1.29 is 13.9 Å². The standard InChI is InChI=1S/C28H28N4O3/c1-34-24-13-11-23(12-14-24)32-26(21-25(29-32)27-10-6-20-35-27)28(33)31-18-16-30(17-19-31)15-5-9-22-7-3-2-4-8-22/h2-14,20-21H,15-19H2,1H3. The van der Waals surface area contributed by atoms with E-state index in [9.17, 15) is 4.79 Å². The van der Waals surface area contributed by atoms with Crippen LogP contribution >= 0.6 is 0 Å². The summed E-state index contributed by atoms with van der Waals surface area (Å²) < 4.78 is 12.5. The van der Waals surface area contributed by atoms with Gasteiger partial charge in [0.15, 0.2) is 5.76 Å². The monoisotopic (exact) mass is 468 g/mol. The van der Waals surface area contributed by atoms with Crippen LogP contribution in [0.3, 0.4) is 0 Å². The SMILES string of the molecule is COc1ccc(-n2nc(-c3ccco3)cc2C(=O)N2CCN(CC=Cc3ccccc3)CC2)cc1. The van der Waals surface area contributed by atoms with Gasteiger partial charge < -0.3 is 14.1 Å². The molecule has 4 aromatic rings. The van der Waals surface area contributed by atoms with Gasteiger partial charge in [-0.25, -0.2) is 4.68 Å². The highest BCUT2D eigenvalue weighted by Crippen LogP contribution is 2.24. The van der Waals surface area contributed by atoms with Crippen molar-refractivity contribution >= 4 is 12.0 Å². The minimum Gasteiger partial charge on any atom is -0.497 e. The van der Waals surface area contributed by atoms with Crippen LogP contribution in [0.25, 0.3) is 23.2 Å². The van der Waals surface area contributed by atoms with Crippen molar-refractivity contribution in [3.05, 3.63) is 96.4 Å². The molecule has 7 heteroatoms. The van der Waals surface area contributed by atoms with E-state index < -0.39 is 0 Å². The van der Waals surface area contributed by atoms with Crippen LogP contribution < -0.4 is 4.74 Å². The van der Waals surface area contributed by atoms with Gasteiger partial charge in [-0.15, -0.1) is 0 Å². The van der Waals surface area contributed by atoms with Gasteiger partial charge >= 0.3 is 0 Å². The smallest absolute Gasteiger partial charge is 0.272 e. The molecule has 3 heterocycles. The summed E-state index contributed by atoms with van der Waals surface area (Å²) in [5, 5.41) is 4.69. The number of nitrogens with zero attached hydrogens (tertiary/aromatic N) is 4. The van der Waals surface area contributed by atoms with E-state index >= 15 is 0 Å². The molecular weight excluding hydrogens is 440 g/mol. The Balaban J connectivity index is 1.30. The maximum atomic E-state index is 13.6. The van der Waals surface area contributed by atoms with Crippen molar-refractivity contribution in [1.82, 2.24) is 19.6 Å². The van der Waals surface area contributed by atoms with Crippen LogP contribution in [-0.4, -0.2) is 65.3 Å². The first-order valence-corrected chi connectivity index (χ1v) is 11.7. The number of rotatable bonds is 7. The van der Waals surface area contributed by atoms with Gasteiger partial charge in [0.2, 0.25) is 0 Å². The quantitative estimate of drug-likeness (QED) is 0.396. The van der Waals surface area contributed by atoms with Crippen LogP contribution in [-0.2, 0) is 0 Å². The van der Waals surface area contributed by atoms with E-state index in [4.69, 9.17) is 14.3 Å². The maximum absolute atomic E-state index is 13.6. The van der Waals surface area contributed by atoms with E-state index in [1.165, 1.54) is 5.56 Å². The fourth-order valence-electron chi connectivity index (χ4n) is 4.20. The number of carbonyl (C=O) groups excluding carboxylic acids is 1. The molecule has 2 aromatic carbocycles. The molecule has 5 rings (SSSR count). The minimum absolute atomic E-state index is 0.0365. The molecule has 0 unspecified atom stereocenters. The highest BCUT2D eigenvalue weighted by molar-refractivity contribution is 5.94. The van der Waals surface area contributed by atoms with Gasteiger partial charge in [-0.1, -0.05) is 42.5 Å². The van der Waals surface area contributed by atoms with Crippen LogP contribution in [0.4, 0.5) is 0 Å². The van der Waals surface area contributed by atoms with Crippen LogP contribution in [0.15, 0.2) is 89.6 Å². The predicted octanol–water partition coefficient (Wildman–Crippen LogP) is 4.61.